The molecule has 2 rings (SSSR count). The van der Waals surface area contributed by atoms with Crippen LogP contribution in [0.1, 0.15) is 41.4 Å². The van der Waals surface area contributed by atoms with Crippen molar-refractivity contribution >= 4 is 11.3 Å². The molecule has 2 nitrogen and oxygen atoms in total. The molecule has 0 saturated heterocycles. The number of thiazole rings is 1. The van der Waals surface area contributed by atoms with E-state index < -0.39 is 0 Å². The summed E-state index contributed by atoms with van der Waals surface area (Å²) in [6, 6.07) is 1.19. The van der Waals surface area contributed by atoms with Crippen LogP contribution < -0.4 is 5.32 Å². The van der Waals surface area contributed by atoms with Gasteiger partial charge >= 0.3 is 0 Å². The first-order chi connectivity index (χ1) is 6.16. The highest BCUT2D eigenvalue weighted by Gasteiger charge is 2.24. The SMILES string of the molecule is Cc1nc(C(C)NC2CC2)c(C)s1. The van der Waals surface area contributed by atoms with Crippen LogP contribution in [0.3, 0.4) is 0 Å². The van der Waals surface area contributed by atoms with Crippen LogP contribution in [0.25, 0.3) is 0 Å². The molecule has 0 aliphatic heterocycles. The van der Waals surface area contributed by atoms with E-state index in [9.17, 15) is 0 Å². The van der Waals surface area contributed by atoms with E-state index in [1.807, 2.05) is 0 Å². The molecule has 1 aromatic heterocycles. The highest BCUT2D eigenvalue weighted by Crippen LogP contribution is 2.27. The molecule has 1 unspecified atom stereocenters. The molecule has 0 amide bonds. The normalized spacial score (nSPS) is 19.0. The maximum atomic E-state index is 4.55. The maximum Gasteiger partial charge on any atom is 0.0900 e. The van der Waals surface area contributed by atoms with Gasteiger partial charge < -0.3 is 5.32 Å². The van der Waals surface area contributed by atoms with Crippen molar-refractivity contribution in [2.75, 3.05) is 0 Å². The molecule has 0 aromatic carbocycles. The lowest BCUT2D eigenvalue weighted by atomic mass is 10.2. The summed E-state index contributed by atoms with van der Waals surface area (Å²) in [5.41, 5.74) is 1.24. The minimum Gasteiger partial charge on any atom is -0.306 e. The molecule has 1 saturated carbocycles. The van der Waals surface area contributed by atoms with Crippen LogP contribution in [0.4, 0.5) is 0 Å². The second-order valence-corrected chi connectivity index (χ2v) is 5.24. The average Bonchev–Trinajstić information content (AvgIpc) is 2.77. The lowest BCUT2D eigenvalue weighted by molar-refractivity contribution is 0.558. The maximum absolute atomic E-state index is 4.55. The minimum atomic E-state index is 0.428. The van der Waals surface area contributed by atoms with Crippen molar-refractivity contribution in [1.82, 2.24) is 10.3 Å². The Bertz CT molecular complexity index is 302. The van der Waals surface area contributed by atoms with Gasteiger partial charge in [-0.1, -0.05) is 0 Å². The summed E-state index contributed by atoms with van der Waals surface area (Å²) in [7, 11) is 0. The van der Waals surface area contributed by atoms with Crippen molar-refractivity contribution in [1.29, 1.82) is 0 Å². The highest BCUT2D eigenvalue weighted by atomic mass is 32.1. The van der Waals surface area contributed by atoms with Crippen molar-refractivity contribution in [3.63, 3.8) is 0 Å². The molecule has 1 aromatic rings. The van der Waals surface area contributed by atoms with Crippen molar-refractivity contribution in [3.05, 3.63) is 15.6 Å². The molecule has 1 aliphatic rings. The van der Waals surface area contributed by atoms with Crippen molar-refractivity contribution < 1.29 is 0 Å². The summed E-state index contributed by atoms with van der Waals surface area (Å²) in [4.78, 5) is 5.91. The van der Waals surface area contributed by atoms with Gasteiger partial charge in [-0.05, 0) is 33.6 Å². The zero-order valence-corrected chi connectivity index (χ0v) is 9.24. The summed E-state index contributed by atoms with van der Waals surface area (Å²) < 4.78 is 0. The predicted octanol–water partition coefficient (Wildman–Crippen LogP) is 2.57. The molecule has 1 atom stereocenters. The Morgan fingerprint density at radius 3 is 2.62 bits per heavy atom. The summed E-state index contributed by atoms with van der Waals surface area (Å²) >= 11 is 1.79. The highest BCUT2D eigenvalue weighted by molar-refractivity contribution is 7.11. The van der Waals surface area contributed by atoms with Gasteiger partial charge in [0, 0.05) is 17.0 Å². The van der Waals surface area contributed by atoms with E-state index in [0.29, 0.717) is 6.04 Å². The number of hydrogen-bond donors (Lipinski definition) is 1. The largest absolute Gasteiger partial charge is 0.306 e. The van der Waals surface area contributed by atoms with E-state index in [1.54, 1.807) is 11.3 Å². The second-order valence-electron chi connectivity index (χ2n) is 3.84. The average molecular weight is 196 g/mol. The monoisotopic (exact) mass is 196 g/mol. The molecule has 0 spiro atoms. The molecule has 1 fully saturated rings. The fourth-order valence-electron chi connectivity index (χ4n) is 1.63. The van der Waals surface area contributed by atoms with Gasteiger partial charge in [-0.3, -0.25) is 0 Å². The molecule has 1 aliphatic carbocycles. The van der Waals surface area contributed by atoms with Crippen LogP contribution in [0.15, 0.2) is 0 Å². The fraction of sp³-hybridized carbons (Fsp3) is 0.700. The number of rotatable bonds is 3. The van der Waals surface area contributed by atoms with Gasteiger partial charge in [0.2, 0.25) is 0 Å². The number of aryl methyl sites for hydroxylation is 2. The number of nitrogens with zero attached hydrogens (tertiary/aromatic N) is 1. The zero-order valence-electron chi connectivity index (χ0n) is 8.42. The fourth-order valence-corrected chi connectivity index (χ4v) is 2.54. The smallest absolute Gasteiger partial charge is 0.0900 e. The first kappa shape index (κ1) is 9.16. The quantitative estimate of drug-likeness (QED) is 0.803. The summed E-state index contributed by atoms with van der Waals surface area (Å²) in [5, 5.41) is 4.75. The van der Waals surface area contributed by atoms with E-state index in [4.69, 9.17) is 0 Å². The topological polar surface area (TPSA) is 24.9 Å². The Morgan fingerprint density at radius 1 is 1.46 bits per heavy atom. The molecule has 72 valence electrons. The van der Waals surface area contributed by atoms with Crippen molar-refractivity contribution in [2.24, 2.45) is 0 Å². The number of hydrogen-bond acceptors (Lipinski definition) is 3. The molecular weight excluding hydrogens is 180 g/mol. The molecule has 0 bridgehead atoms. The Morgan fingerprint density at radius 2 is 2.15 bits per heavy atom. The number of nitrogens with one attached hydrogen (secondary N) is 1. The lowest BCUT2D eigenvalue weighted by Gasteiger charge is -2.11. The van der Waals surface area contributed by atoms with E-state index >= 15 is 0 Å². The third-order valence-corrected chi connectivity index (χ3v) is 3.31. The van der Waals surface area contributed by atoms with E-state index in [2.05, 4.69) is 31.1 Å². The van der Waals surface area contributed by atoms with Gasteiger partial charge in [-0.25, -0.2) is 4.98 Å². The Labute approximate surface area is 83.4 Å². The molecule has 1 N–H and O–H groups in total. The van der Waals surface area contributed by atoms with Crippen LogP contribution in [0.2, 0.25) is 0 Å². The van der Waals surface area contributed by atoms with Gasteiger partial charge in [0.05, 0.1) is 10.7 Å². The molecule has 0 radical (unpaired) electrons. The first-order valence-corrected chi connectivity index (χ1v) is 5.68. The summed E-state index contributed by atoms with van der Waals surface area (Å²) in [6.45, 7) is 6.44. The van der Waals surface area contributed by atoms with Gasteiger partial charge in [0.25, 0.3) is 0 Å². The van der Waals surface area contributed by atoms with Crippen LogP contribution in [0, 0.1) is 13.8 Å². The van der Waals surface area contributed by atoms with Gasteiger partial charge in [0.1, 0.15) is 0 Å². The van der Waals surface area contributed by atoms with Gasteiger partial charge in [-0.2, -0.15) is 0 Å². The standard InChI is InChI=1S/C10H16N2S/c1-6(11-9-4-5-9)10-7(2)13-8(3)12-10/h6,9,11H,4-5H2,1-3H3. The second kappa shape index (κ2) is 3.39. The Kier molecular flexibility index (Phi) is 2.39. The molecule has 3 heteroatoms. The molecule has 1 heterocycles. The van der Waals surface area contributed by atoms with E-state index in [1.165, 1.54) is 28.4 Å². The Balaban J connectivity index is 2.08. The number of aromatic nitrogens is 1. The zero-order chi connectivity index (χ0) is 9.42. The molecular formula is C10H16N2S. The summed E-state index contributed by atoms with van der Waals surface area (Å²) in [6.07, 6.45) is 2.68. The minimum absolute atomic E-state index is 0.428. The predicted molar refractivity (Wildman–Crippen MR) is 56.2 cm³/mol. The van der Waals surface area contributed by atoms with Gasteiger partial charge in [0.15, 0.2) is 0 Å². The Hall–Kier alpha value is -0.410. The van der Waals surface area contributed by atoms with Crippen LogP contribution in [-0.4, -0.2) is 11.0 Å². The van der Waals surface area contributed by atoms with E-state index in [0.717, 1.165) is 6.04 Å². The third kappa shape index (κ3) is 2.09. The van der Waals surface area contributed by atoms with Crippen LogP contribution >= 0.6 is 11.3 Å². The van der Waals surface area contributed by atoms with Crippen molar-refractivity contribution in [3.8, 4) is 0 Å². The van der Waals surface area contributed by atoms with Crippen molar-refractivity contribution in [2.45, 2.75) is 45.7 Å². The summed E-state index contributed by atoms with van der Waals surface area (Å²) in [5.74, 6) is 0. The van der Waals surface area contributed by atoms with Gasteiger partial charge in [-0.15, -0.1) is 11.3 Å². The molecule has 13 heavy (non-hydrogen) atoms. The van der Waals surface area contributed by atoms with E-state index in [-0.39, 0.29) is 0 Å². The lowest BCUT2D eigenvalue weighted by Crippen LogP contribution is -2.21. The van der Waals surface area contributed by atoms with Crippen LogP contribution in [0.5, 0.6) is 0 Å². The third-order valence-electron chi connectivity index (χ3n) is 2.41. The first-order valence-electron chi connectivity index (χ1n) is 4.87. The van der Waals surface area contributed by atoms with Crippen LogP contribution in [-0.2, 0) is 0 Å².